The van der Waals surface area contributed by atoms with Crippen molar-refractivity contribution in [1.29, 1.82) is 5.26 Å². The van der Waals surface area contributed by atoms with Gasteiger partial charge in [-0.2, -0.15) is 10.4 Å². The van der Waals surface area contributed by atoms with E-state index in [9.17, 15) is 0 Å². The zero-order chi connectivity index (χ0) is 11.5. The fourth-order valence-electron chi connectivity index (χ4n) is 1.49. The van der Waals surface area contributed by atoms with E-state index in [1.54, 1.807) is 4.68 Å². The molecule has 2 aromatic rings. The second-order valence-corrected chi connectivity index (χ2v) is 4.70. The number of nitrogens with zero attached hydrogens (tertiary/aromatic N) is 3. The van der Waals surface area contributed by atoms with E-state index in [1.165, 1.54) is 11.3 Å². The highest BCUT2D eigenvalue weighted by molar-refractivity contribution is 7.12. The van der Waals surface area contributed by atoms with Crippen molar-refractivity contribution in [2.45, 2.75) is 13.5 Å². The molecule has 1 N–H and O–H groups in total. The summed E-state index contributed by atoms with van der Waals surface area (Å²) in [7, 11) is 1.90. The van der Waals surface area contributed by atoms with E-state index in [0.717, 1.165) is 27.7 Å². The van der Waals surface area contributed by atoms with Gasteiger partial charge in [0.15, 0.2) is 0 Å². The van der Waals surface area contributed by atoms with Gasteiger partial charge < -0.3 is 5.32 Å². The number of aromatic nitrogens is 2. The van der Waals surface area contributed by atoms with Gasteiger partial charge in [0.2, 0.25) is 0 Å². The van der Waals surface area contributed by atoms with Crippen molar-refractivity contribution in [2.75, 3.05) is 5.32 Å². The van der Waals surface area contributed by atoms with Gasteiger partial charge in [-0.1, -0.05) is 0 Å². The lowest BCUT2D eigenvalue weighted by Crippen LogP contribution is -1.97. The summed E-state index contributed by atoms with van der Waals surface area (Å²) >= 11 is 1.51. The Balaban J connectivity index is 2.02. The minimum atomic E-state index is 0.735. The molecule has 0 aliphatic heterocycles. The SMILES string of the molecule is Cc1nn(C)cc1NCc1ccc(C#N)s1. The van der Waals surface area contributed by atoms with E-state index in [2.05, 4.69) is 16.5 Å². The molecule has 0 unspecified atom stereocenters. The van der Waals surface area contributed by atoms with Crippen LogP contribution < -0.4 is 5.32 Å². The first-order valence-electron chi connectivity index (χ1n) is 4.92. The molecule has 5 heteroatoms. The monoisotopic (exact) mass is 232 g/mol. The maximum atomic E-state index is 8.71. The van der Waals surface area contributed by atoms with Gasteiger partial charge in [0.25, 0.3) is 0 Å². The second-order valence-electron chi connectivity index (χ2n) is 3.53. The minimum Gasteiger partial charge on any atom is -0.377 e. The van der Waals surface area contributed by atoms with Gasteiger partial charge in [0.05, 0.1) is 11.4 Å². The van der Waals surface area contributed by atoms with Crippen LogP contribution in [0, 0.1) is 18.3 Å². The first-order valence-corrected chi connectivity index (χ1v) is 5.73. The molecule has 0 spiro atoms. The number of nitriles is 1. The van der Waals surface area contributed by atoms with Crippen LogP contribution in [0.5, 0.6) is 0 Å². The normalized spacial score (nSPS) is 10.1. The summed E-state index contributed by atoms with van der Waals surface area (Å²) in [5.41, 5.74) is 2.02. The van der Waals surface area contributed by atoms with Gasteiger partial charge in [0.1, 0.15) is 10.9 Å². The fourth-order valence-corrected chi connectivity index (χ4v) is 2.23. The third-order valence-corrected chi connectivity index (χ3v) is 3.23. The number of hydrogen-bond acceptors (Lipinski definition) is 4. The molecule has 0 aliphatic rings. The molecular weight excluding hydrogens is 220 g/mol. The standard InChI is InChI=1S/C11H12N4S/c1-8-11(7-15(2)14-8)13-6-10-4-3-9(5-12)16-10/h3-4,7,13H,6H2,1-2H3. The summed E-state index contributed by atoms with van der Waals surface area (Å²) in [6, 6.07) is 5.95. The zero-order valence-electron chi connectivity index (χ0n) is 9.19. The number of thiophene rings is 1. The summed E-state index contributed by atoms with van der Waals surface area (Å²) in [6.45, 7) is 2.70. The van der Waals surface area contributed by atoms with Crippen molar-refractivity contribution in [2.24, 2.45) is 7.05 Å². The molecule has 0 aromatic carbocycles. The summed E-state index contributed by atoms with van der Waals surface area (Å²) in [5.74, 6) is 0. The molecule has 2 rings (SSSR count). The summed E-state index contributed by atoms with van der Waals surface area (Å²) in [4.78, 5) is 1.90. The number of hydrogen-bond donors (Lipinski definition) is 1. The Morgan fingerprint density at radius 2 is 2.38 bits per heavy atom. The highest BCUT2D eigenvalue weighted by Gasteiger charge is 2.03. The highest BCUT2D eigenvalue weighted by Crippen LogP contribution is 2.18. The van der Waals surface area contributed by atoms with Crippen molar-refractivity contribution >= 4 is 17.0 Å². The molecule has 0 atom stereocenters. The molecule has 0 saturated carbocycles. The van der Waals surface area contributed by atoms with E-state index in [4.69, 9.17) is 5.26 Å². The third-order valence-electron chi connectivity index (χ3n) is 2.24. The van der Waals surface area contributed by atoms with Crippen LogP contribution in [0.2, 0.25) is 0 Å². The molecule has 2 aromatic heterocycles. The summed E-state index contributed by atoms with van der Waals surface area (Å²) in [6.07, 6.45) is 1.95. The molecule has 0 amide bonds. The third kappa shape index (κ3) is 2.23. The molecule has 82 valence electrons. The first kappa shape index (κ1) is 10.7. The number of rotatable bonds is 3. The maximum Gasteiger partial charge on any atom is 0.110 e. The lowest BCUT2D eigenvalue weighted by Gasteiger charge is -2.01. The van der Waals surface area contributed by atoms with Gasteiger partial charge >= 0.3 is 0 Å². The Kier molecular flexibility index (Phi) is 2.93. The van der Waals surface area contributed by atoms with E-state index >= 15 is 0 Å². The Morgan fingerprint density at radius 3 is 2.94 bits per heavy atom. The minimum absolute atomic E-state index is 0.735. The van der Waals surface area contributed by atoms with Crippen molar-refractivity contribution in [3.63, 3.8) is 0 Å². The number of anilines is 1. The molecule has 2 heterocycles. The zero-order valence-corrected chi connectivity index (χ0v) is 10.0. The van der Waals surface area contributed by atoms with E-state index in [0.29, 0.717) is 0 Å². The Labute approximate surface area is 98.1 Å². The van der Waals surface area contributed by atoms with Crippen LogP contribution in [0.15, 0.2) is 18.3 Å². The van der Waals surface area contributed by atoms with Gasteiger partial charge in [-0.25, -0.2) is 0 Å². The molecule has 0 fully saturated rings. The van der Waals surface area contributed by atoms with Crippen molar-refractivity contribution < 1.29 is 0 Å². The molecule has 0 aliphatic carbocycles. The van der Waals surface area contributed by atoms with Crippen LogP contribution >= 0.6 is 11.3 Å². The van der Waals surface area contributed by atoms with Gasteiger partial charge in [-0.15, -0.1) is 11.3 Å². The van der Waals surface area contributed by atoms with Crippen molar-refractivity contribution in [3.8, 4) is 6.07 Å². The maximum absolute atomic E-state index is 8.71. The Bertz CT molecular complexity index is 532. The molecule has 0 bridgehead atoms. The molecule has 0 saturated heterocycles. The average molecular weight is 232 g/mol. The number of aryl methyl sites for hydroxylation is 2. The largest absolute Gasteiger partial charge is 0.377 e. The van der Waals surface area contributed by atoms with Crippen molar-refractivity contribution in [3.05, 3.63) is 33.8 Å². The van der Waals surface area contributed by atoms with Crippen LogP contribution in [0.25, 0.3) is 0 Å². The topological polar surface area (TPSA) is 53.6 Å². The average Bonchev–Trinajstić information content (AvgIpc) is 2.82. The predicted octanol–water partition coefficient (Wildman–Crippen LogP) is 2.27. The van der Waals surface area contributed by atoms with Crippen LogP contribution in [-0.4, -0.2) is 9.78 Å². The van der Waals surface area contributed by atoms with Crippen LogP contribution in [0.3, 0.4) is 0 Å². The molecular formula is C11H12N4S. The van der Waals surface area contributed by atoms with Crippen LogP contribution in [0.1, 0.15) is 15.4 Å². The van der Waals surface area contributed by atoms with Crippen LogP contribution in [-0.2, 0) is 13.6 Å². The fraction of sp³-hybridized carbons (Fsp3) is 0.273. The van der Waals surface area contributed by atoms with Crippen molar-refractivity contribution in [1.82, 2.24) is 9.78 Å². The van der Waals surface area contributed by atoms with E-state index in [-0.39, 0.29) is 0 Å². The van der Waals surface area contributed by atoms with E-state index < -0.39 is 0 Å². The smallest absolute Gasteiger partial charge is 0.110 e. The quantitative estimate of drug-likeness (QED) is 0.883. The Morgan fingerprint density at radius 1 is 1.56 bits per heavy atom. The highest BCUT2D eigenvalue weighted by atomic mass is 32.1. The summed E-state index contributed by atoms with van der Waals surface area (Å²) < 4.78 is 1.78. The second kappa shape index (κ2) is 4.37. The van der Waals surface area contributed by atoms with Gasteiger partial charge in [-0.05, 0) is 19.1 Å². The predicted molar refractivity (Wildman–Crippen MR) is 64.3 cm³/mol. The molecule has 0 radical (unpaired) electrons. The van der Waals surface area contributed by atoms with Gasteiger partial charge in [0, 0.05) is 24.7 Å². The Hall–Kier alpha value is -1.80. The van der Waals surface area contributed by atoms with Crippen LogP contribution in [0.4, 0.5) is 5.69 Å². The molecule has 16 heavy (non-hydrogen) atoms. The van der Waals surface area contributed by atoms with E-state index in [1.807, 2.05) is 32.3 Å². The lowest BCUT2D eigenvalue weighted by molar-refractivity contribution is 0.756. The first-order chi connectivity index (χ1) is 7.69. The lowest BCUT2D eigenvalue weighted by atomic mass is 10.4. The van der Waals surface area contributed by atoms with Gasteiger partial charge in [-0.3, -0.25) is 4.68 Å². The number of nitrogens with one attached hydrogen (secondary N) is 1. The summed E-state index contributed by atoms with van der Waals surface area (Å²) in [5, 5.41) is 16.3. The molecule has 4 nitrogen and oxygen atoms in total.